The summed E-state index contributed by atoms with van der Waals surface area (Å²) in [6.07, 6.45) is 1.78. The number of amides is 2. The van der Waals surface area contributed by atoms with E-state index < -0.39 is 11.9 Å². The number of carbonyl (C=O) groups excluding carboxylic acids is 3. The Kier molecular flexibility index (Phi) is 5.14. The summed E-state index contributed by atoms with van der Waals surface area (Å²) in [6, 6.07) is 9.86. The molecule has 0 bridgehead atoms. The number of nitrogens with one attached hydrogen (secondary N) is 2. The fourth-order valence-electron chi connectivity index (χ4n) is 1.92. The van der Waals surface area contributed by atoms with Gasteiger partial charge in [0.25, 0.3) is 11.8 Å². The van der Waals surface area contributed by atoms with E-state index in [1.165, 1.54) is 7.11 Å². The Morgan fingerprint density at radius 2 is 1.78 bits per heavy atom. The van der Waals surface area contributed by atoms with Gasteiger partial charge in [-0.3, -0.25) is 14.4 Å². The summed E-state index contributed by atoms with van der Waals surface area (Å²) in [4.78, 5) is 34.9. The van der Waals surface area contributed by atoms with E-state index in [4.69, 9.17) is 0 Å². The van der Waals surface area contributed by atoms with Crippen LogP contribution in [0.2, 0.25) is 0 Å². The Morgan fingerprint density at radius 3 is 2.35 bits per heavy atom. The van der Waals surface area contributed by atoms with Crippen molar-refractivity contribution < 1.29 is 19.1 Å². The van der Waals surface area contributed by atoms with Gasteiger partial charge >= 0.3 is 5.97 Å². The molecule has 1 aromatic heterocycles. The van der Waals surface area contributed by atoms with Crippen molar-refractivity contribution in [2.24, 2.45) is 7.05 Å². The Bertz CT molecular complexity index is 719. The first-order chi connectivity index (χ1) is 11.0. The molecule has 7 heteroatoms. The molecule has 2 amide bonds. The lowest BCUT2D eigenvalue weighted by Crippen LogP contribution is -2.30. The highest BCUT2D eigenvalue weighted by Gasteiger charge is 2.11. The minimum atomic E-state index is -0.523. The minimum Gasteiger partial charge on any atom is -0.468 e. The SMILES string of the molecule is COC(=O)CNC(=O)c1ccc(NC(=O)c2cccn2C)cc1. The Morgan fingerprint density at radius 1 is 1.09 bits per heavy atom. The van der Waals surface area contributed by atoms with E-state index in [1.807, 2.05) is 0 Å². The molecule has 2 N–H and O–H groups in total. The number of aryl methyl sites for hydroxylation is 1. The fraction of sp³-hybridized carbons (Fsp3) is 0.188. The van der Waals surface area contributed by atoms with Gasteiger partial charge in [-0.15, -0.1) is 0 Å². The van der Waals surface area contributed by atoms with Crippen molar-refractivity contribution in [1.82, 2.24) is 9.88 Å². The lowest BCUT2D eigenvalue weighted by atomic mass is 10.2. The number of esters is 1. The van der Waals surface area contributed by atoms with E-state index in [0.29, 0.717) is 16.9 Å². The molecule has 120 valence electrons. The van der Waals surface area contributed by atoms with Crippen LogP contribution in [0.15, 0.2) is 42.6 Å². The molecule has 1 heterocycles. The van der Waals surface area contributed by atoms with Crippen LogP contribution in [-0.2, 0) is 16.6 Å². The summed E-state index contributed by atoms with van der Waals surface area (Å²) >= 11 is 0. The Labute approximate surface area is 133 Å². The molecule has 0 unspecified atom stereocenters. The third-order valence-corrected chi connectivity index (χ3v) is 3.20. The maximum absolute atomic E-state index is 12.1. The first-order valence-electron chi connectivity index (χ1n) is 6.89. The van der Waals surface area contributed by atoms with Crippen molar-refractivity contribution in [3.8, 4) is 0 Å². The molecule has 23 heavy (non-hydrogen) atoms. The van der Waals surface area contributed by atoms with Gasteiger partial charge in [-0.2, -0.15) is 0 Å². The van der Waals surface area contributed by atoms with Crippen molar-refractivity contribution in [3.63, 3.8) is 0 Å². The van der Waals surface area contributed by atoms with Crippen LogP contribution >= 0.6 is 0 Å². The van der Waals surface area contributed by atoms with Crippen LogP contribution in [-0.4, -0.2) is 36.0 Å². The number of nitrogens with zero attached hydrogens (tertiary/aromatic N) is 1. The van der Waals surface area contributed by atoms with E-state index in [-0.39, 0.29) is 12.5 Å². The van der Waals surface area contributed by atoms with Gasteiger partial charge in [-0.25, -0.2) is 0 Å². The molecular weight excluding hydrogens is 298 g/mol. The zero-order valence-electron chi connectivity index (χ0n) is 12.8. The highest BCUT2D eigenvalue weighted by molar-refractivity contribution is 6.03. The van der Waals surface area contributed by atoms with Crippen LogP contribution in [0.3, 0.4) is 0 Å². The van der Waals surface area contributed by atoms with Crippen molar-refractivity contribution in [3.05, 3.63) is 53.9 Å². The third-order valence-electron chi connectivity index (χ3n) is 3.20. The molecule has 0 radical (unpaired) electrons. The average molecular weight is 315 g/mol. The predicted molar refractivity (Wildman–Crippen MR) is 84.2 cm³/mol. The number of rotatable bonds is 5. The van der Waals surface area contributed by atoms with Crippen molar-refractivity contribution >= 4 is 23.5 Å². The predicted octanol–water partition coefficient (Wildman–Crippen LogP) is 1.18. The van der Waals surface area contributed by atoms with E-state index in [9.17, 15) is 14.4 Å². The normalized spacial score (nSPS) is 10.0. The number of hydrogen-bond donors (Lipinski definition) is 2. The summed E-state index contributed by atoms with van der Waals surface area (Å²) in [6.45, 7) is -0.193. The second-order valence-corrected chi connectivity index (χ2v) is 4.79. The van der Waals surface area contributed by atoms with Crippen LogP contribution in [0.1, 0.15) is 20.8 Å². The molecule has 0 aliphatic heterocycles. The number of aromatic nitrogens is 1. The van der Waals surface area contributed by atoms with E-state index in [1.54, 1.807) is 54.2 Å². The molecule has 0 fully saturated rings. The first kappa shape index (κ1) is 16.3. The molecule has 0 spiro atoms. The molecule has 0 aliphatic carbocycles. The van der Waals surface area contributed by atoms with Gasteiger partial charge in [0, 0.05) is 24.5 Å². The van der Waals surface area contributed by atoms with Gasteiger partial charge in [-0.1, -0.05) is 0 Å². The van der Waals surface area contributed by atoms with Gasteiger partial charge in [0.2, 0.25) is 0 Å². The quantitative estimate of drug-likeness (QED) is 0.811. The van der Waals surface area contributed by atoms with E-state index in [2.05, 4.69) is 15.4 Å². The van der Waals surface area contributed by atoms with Crippen LogP contribution in [0.5, 0.6) is 0 Å². The third kappa shape index (κ3) is 4.19. The summed E-state index contributed by atoms with van der Waals surface area (Å²) in [5, 5.41) is 5.18. The van der Waals surface area contributed by atoms with Crippen LogP contribution in [0, 0.1) is 0 Å². The second kappa shape index (κ2) is 7.26. The number of carbonyl (C=O) groups is 3. The van der Waals surface area contributed by atoms with Gasteiger partial charge in [0.15, 0.2) is 0 Å². The summed E-state index contributed by atoms with van der Waals surface area (Å²) in [5.74, 6) is -1.15. The van der Waals surface area contributed by atoms with Crippen molar-refractivity contribution in [1.29, 1.82) is 0 Å². The van der Waals surface area contributed by atoms with Crippen LogP contribution < -0.4 is 10.6 Å². The van der Waals surface area contributed by atoms with Gasteiger partial charge in [0.1, 0.15) is 12.2 Å². The highest BCUT2D eigenvalue weighted by Crippen LogP contribution is 2.11. The van der Waals surface area contributed by atoms with Crippen LogP contribution in [0.25, 0.3) is 0 Å². The van der Waals surface area contributed by atoms with E-state index in [0.717, 1.165) is 0 Å². The Hall–Kier alpha value is -3.09. The lowest BCUT2D eigenvalue weighted by molar-refractivity contribution is -0.139. The molecule has 2 rings (SSSR count). The zero-order valence-corrected chi connectivity index (χ0v) is 12.8. The summed E-state index contributed by atoms with van der Waals surface area (Å²) in [7, 11) is 3.03. The molecule has 1 aromatic carbocycles. The maximum Gasteiger partial charge on any atom is 0.325 e. The van der Waals surface area contributed by atoms with Crippen molar-refractivity contribution in [2.45, 2.75) is 0 Å². The maximum atomic E-state index is 12.1. The molecular formula is C16H17N3O4. The number of hydrogen-bond acceptors (Lipinski definition) is 4. The largest absolute Gasteiger partial charge is 0.468 e. The molecule has 0 saturated carbocycles. The fourth-order valence-corrected chi connectivity index (χ4v) is 1.92. The molecule has 2 aromatic rings. The average Bonchev–Trinajstić information content (AvgIpc) is 2.99. The zero-order chi connectivity index (χ0) is 16.8. The van der Waals surface area contributed by atoms with Crippen molar-refractivity contribution in [2.75, 3.05) is 19.0 Å². The molecule has 0 saturated heterocycles. The number of benzene rings is 1. The monoisotopic (exact) mass is 315 g/mol. The molecule has 0 aliphatic rings. The summed E-state index contributed by atoms with van der Waals surface area (Å²) in [5.41, 5.74) is 1.48. The second-order valence-electron chi connectivity index (χ2n) is 4.79. The number of methoxy groups -OCH3 is 1. The van der Waals surface area contributed by atoms with Gasteiger partial charge in [0.05, 0.1) is 7.11 Å². The number of ether oxygens (including phenoxy) is 1. The number of anilines is 1. The van der Waals surface area contributed by atoms with E-state index >= 15 is 0 Å². The highest BCUT2D eigenvalue weighted by atomic mass is 16.5. The van der Waals surface area contributed by atoms with Gasteiger partial charge < -0.3 is 19.9 Å². The molecule has 0 atom stereocenters. The lowest BCUT2D eigenvalue weighted by Gasteiger charge is -2.08. The molecule has 7 nitrogen and oxygen atoms in total. The van der Waals surface area contributed by atoms with Crippen LogP contribution in [0.4, 0.5) is 5.69 Å². The standard InChI is InChI=1S/C16H17N3O4/c1-19-9-3-4-13(19)16(22)18-12-7-5-11(6-8-12)15(21)17-10-14(20)23-2/h3-9H,10H2,1-2H3,(H,17,21)(H,18,22). The van der Waals surface area contributed by atoms with Gasteiger partial charge in [-0.05, 0) is 36.4 Å². The minimum absolute atomic E-state index is 0.193. The topological polar surface area (TPSA) is 89.4 Å². The summed E-state index contributed by atoms with van der Waals surface area (Å²) < 4.78 is 6.15. The Balaban J connectivity index is 1.97. The first-order valence-corrected chi connectivity index (χ1v) is 6.89. The smallest absolute Gasteiger partial charge is 0.325 e.